The summed E-state index contributed by atoms with van der Waals surface area (Å²) in [6.07, 6.45) is 5.50. The molecule has 0 saturated carbocycles. The highest BCUT2D eigenvalue weighted by atomic mass is 16.5. The molecule has 1 atom stereocenters. The van der Waals surface area contributed by atoms with Crippen LogP contribution in [0.5, 0.6) is 0 Å². The van der Waals surface area contributed by atoms with E-state index in [1.54, 1.807) is 0 Å². The van der Waals surface area contributed by atoms with E-state index in [0.29, 0.717) is 5.69 Å². The lowest BCUT2D eigenvalue weighted by molar-refractivity contribution is -0.123. The summed E-state index contributed by atoms with van der Waals surface area (Å²) in [6.45, 7) is 3.69. The highest BCUT2D eigenvalue weighted by molar-refractivity contribution is 5.97. The van der Waals surface area contributed by atoms with Crippen LogP contribution in [0.1, 0.15) is 36.5 Å². The van der Waals surface area contributed by atoms with Gasteiger partial charge >= 0.3 is 5.97 Å². The maximum atomic E-state index is 12.2. The minimum absolute atomic E-state index is 0.283. The molecule has 3 rings (SSSR count). The molecule has 0 unspecified atom stereocenters. The van der Waals surface area contributed by atoms with Crippen LogP contribution in [-0.4, -0.2) is 31.1 Å². The van der Waals surface area contributed by atoms with Gasteiger partial charge in [-0.25, -0.2) is 4.79 Å². The summed E-state index contributed by atoms with van der Waals surface area (Å²) in [5, 5.41) is 2.76. The second-order valence-electron chi connectivity index (χ2n) is 6.14. The summed E-state index contributed by atoms with van der Waals surface area (Å²) < 4.78 is 9.96. The number of carbonyl (C=O) groups is 2. The molecule has 0 bridgehead atoms. The Morgan fingerprint density at radius 1 is 1.12 bits per heavy atom. The highest BCUT2D eigenvalue weighted by Crippen LogP contribution is 2.22. The molecular weight excluding hydrogens is 320 g/mol. The molecule has 1 aliphatic rings. The molecule has 1 aromatic heterocycles. The maximum Gasteiger partial charge on any atom is 0.342 e. The number of hydrogen-bond acceptors (Lipinski definition) is 5. The number of piperidine rings is 1. The van der Waals surface area contributed by atoms with E-state index in [2.05, 4.69) is 10.2 Å². The summed E-state index contributed by atoms with van der Waals surface area (Å²) in [6, 6.07) is 9.23. The zero-order valence-electron chi connectivity index (χ0n) is 14.2. The maximum absolute atomic E-state index is 12.2. The van der Waals surface area contributed by atoms with Crippen LogP contribution in [0.4, 0.5) is 11.4 Å². The largest absolute Gasteiger partial charge is 0.472 e. The number of amides is 1. The Hall–Kier alpha value is -2.76. The molecular formula is C19H22N2O4. The average Bonchev–Trinajstić information content (AvgIpc) is 3.18. The van der Waals surface area contributed by atoms with Gasteiger partial charge in [-0.15, -0.1) is 0 Å². The number of nitrogens with one attached hydrogen (secondary N) is 1. The quantitative estimate of drug-likeness (QED) is 0.843. The van der Waals surface area contributed by atoms with Crippen LogP contribution in [-0.2, 0) is 9.53 Å². The van der Waals surface area contributed by atoms with Crippen molar-refractivity contribution in [3.63, 3.8) is 0 Å². The van der Waals surface area contributed by atoms with Crippen molar-refractivity contribution < 1.29 is 18.7 Å². The van der Waals surface area contributed by atoms with E-state index >= 15 is 0 Å². The van der Waals surface area contributed by atoms with Crippen LogP contribution in [0, 0.1) is 0 Å². The van der Waals surface area contributed by atoms with Gasteiger partial charge in [-0.3, -0.25) is 4.79 Å². The first-order valence-electron chi connectivity index (χ1n) is 8.52. The Morgan fingerprint density at radius 3 is 2.48 bits per heavy atom. The van der Waals surface area contributed by atoms with E-state index in [4.69, 9.17) is 9.15 Å². The summed E-state index contributed by atoms with van der Waals surface area (Å²) in [5.74, 6) is -0.959. The minimum Gasteiger partial charge on any atom is -0.472 e. The van der Waals surface area contributed by atoms with Gasteiger partial charge in [0.25, 0.3) is 5.91 Å². The molecule has 1 aliphatic heterocycles. The predicted molar refractivity (Wildman–Crippen MR) is 94.7 cm³/mol. The van der Waals surface area contributed by atoms with E-state index in [0.717, 1.165) is 18.8 Å². The fraction of sp³-hybridized carbons (Fsp3) is 0.368. The molecule has 1 aromatic carbocycles. The standard InChI is InChI=1S/C19H22N2O4/c1-14(25-19(23)15-9-12-24-13-15)18(22)20-16-5-7-17(8-6-16)21-10-3-2-4-11-21/h5-9,12-14H,2-4,10-11H2,1H3,(H,20,22)/t14-/m0/s1. The van der Waals surface area contributed by atoms with Gasteiger partial charge in [-0.05, 0) is 56.5 Å². The third-order valence-corrected chi connectivity index (χ3v) is 4.27. The van der Waals surface area contributed by atoms with Crippen LogP contribution in [0.25, 0.3) is 0 Å². The first-order chi connectivity index (χ1) is 12.1. The summed E-state index contributed by atoms with van der Waals surface area (Å²) in [7, 11) is 0. The molecule has 0 aliphatic carbocycles. The lowest BCUT2D eigenvalue weighted by Gasteiger charge is -2.28. The van der Waals surface area contributed by atoms with Crippen molar-refractivity contribution in [1.29, 1.82) is 0 Å². The zero-order chi connectivity index (χ0) is 17.6. The van der Waals surface area contributed by atoms with Gasteiger partial charge in [0, 0.05) is 24.5 Å². The number of esters is 1. The van der Waals surface area contributed by atoms with Gasteiger partial charge < -0.3 is 19.4 Å². The predicted octanol–water partition coefficient (Wildman–Crippen LogP) is 3.45. The van der Waals surface area contributed by atoms with E-state index in [-0.39, 0.29) is 11.5 Å². The number of anilines is 2. The van der Waals surface area contributed by atoms with Crippen molar-refractivity contribution >= 4 is 23.3 Å². The first-order valence-corrected chi connectivity index (χ1v) is 8.52. The lowest BCUT2D eigenvalue weighted by atomic mass is 10.1. The fourth-order valence-corrected chi connectivity index (χ4v) is 2.81. The van der Waals surface area contributed by atoms with Crippen molar-refractivity contribution in [1.82, 2.24) is 0 Å². The van der Waals surface area contributed by atoms with E-state index in [1.807, 2.05) is 24.3 Å². The van der Waals surface area contributed by atoms with Crippen molar-refractivity contribution in [2.75, 3.05) is 23.3 Å². The molecule has 2 aromatic rings. The Balaban J connectivity index is 1.54. The lowest BCUT2D eigenvalue weighted by Crippen LogP contribution is -2.30. The van der Waals surface area contributed by atoms with Gasteiger partial charge in [-0.2, -0.15) is 0 Å². The topological polar surface area (TPSA) is 71.8 Å². The van der Waals surface area contributed by atoms with Crippen LogP contribution in [0.2, 0.25) is 0 Å². The third kappa shape index (κ3) is 4.41. The van der Waals surface area contributed by atoms with Crippen molar-refractivity contribution in [2.24, 2.45) is 0 Å². The SMILES string of the molecule is C[C@H](OC(=O)c1ccoc1)C(=O)Nc1ccc(N2CCCCC2)cc1. The Labute approximate surface area is 146 Å². The van der Waals surface area contributed by atoms with E-state index in [9.17, 15) is 9.59 Å². The molecule has 1 N–H and O–H groups in total. The van der Waals surface area contributed by atoms with Crippen LogP contribution >= 0.6 is 0 Å². The van der Waals surface area contributed by atoms with Gasteiger partial charge in [0.15, 0.2) is 6.10 Å². The first kappa shape index (κ1) is 17.1. The Bertz CT molecular complexity index is 704. The molecule has 25 heavy (non-hydrogen) atoms. The molecule has 1 saturated heterocycles. The number of furan rings is 1. The Kier molecular flexibility index (Phi) is 5.38. The molecule has 132 valence electrons. The summed E-state index contributed by atoms with van der Waals surface area (Å²) in [5.41, 5.74) is 2.12. The van der Waals surface area contributed by atoms with Crippen LogP contribution in [0.15, 0.2) is 47.3 Å². The molecule has 6 heteroatoms. The summed E-state index contributed by atoms with van der Waals surface area (Å²) >= 11 is 0. The van der Waals surface area contributed by atoms with E-state index < -0.39 is 12.1 Å². The molecule has 1 fully saturated rings. The third-order valence-electron chi connectivity index (χ3n) is 4.27. The van der Waals surface area contributed by atoms with Crippen molar-refractivity contribution in [2.45, 2.75) is 32.3 Å². The van der Waals surface area contributed by atoms with Gasteiger partial charge in [0.05, 0.1) is 11.8 Å². The summed E-state index contributed by atoms with van der Waals surface area (Å²) in [4.78, 5) is 26.4. The Morgan fingerprint density at radius 2 is 1.84 bits per heavy atom. The monoisotopic (exact) mass is 342 g/mol. The number of carbonyl (C=O) groups excluding carboxylic acids is 2. The highest BCUT2D eigenvalue weighted by Gasteiger charge is 2.20. The number of benzene rings is 1. The fourth-order valence-electron chi connectivity index (χ4n) is 2.81. The molecule has 2 heterocycles. The number of hydrogen-bond donors (Lipinski definition) is 1. The van der Waals surface area contributed by atoms with Crippen LogP contribution < -0.4 is 10.2 Å². The number of ether oxygens (including phenoxy) is 1. The smallest absolute Gasteiger partial charge is 0.342 e. The zero-order valence-corrected chi connectivity index (χ0v) is 14.2. The minimum atomic E-state index is -0.899. The number of nitrogens with zero attached hydrogens (tertiary/aromatic N) is 1. The molecule has 0 radical (unpaired) electrons. The number of rotatable bonds is 5. The van der Waals surface area contributed by atoms with Gasteiger partial charge in [0.2, 0.25) is 0 Å². The second-order valence-corrected chi connectivity index (χ2v) is 6.14. The molecule has 6 nitrogen and oxygen atoms in total. The molecule has 0 spiro atoms. The van der Waals surface area contributed by atoms with Gasteiger partial charge in [0.1, 0.15) is 6.26 Å². The molecule has 1 amide bonds. The van der Waals surface area contributed by atoms with Crippen LogP contribution in [0.3, 0.4) is 0 Å². The van der Waals surface area contributed by atoms with Crippen molar-refractivity contribution in [3.8, 4) is 0 Å². The normalized spacial score (nSPS) is 15.5. The average molecular weight is 342 g/mol. The van der Waals surface area contributed by atoms with Crippen molar-refractivity contribution in [3.05, 3.63) is 48.4 Å². The van der Waals surface area contributed by atoms with E-state index in [1.165, 1.54) is 44.8 Å². The van der Waals surface area contributed by atoms with Gasteiger partial charge in [-0.1, -0.05) is 0 Å². The second kappa shape index (κ2) is 7.88.